The monoisotopic (exact) mass is 511 g/mol. The summed E-state index contributed by atoms with van der Waals surface area (Å²) in [6, 6.07) is 20.2. The average molecular weight is 512 g/mol. The van der Waals surface area contributed by atoms with Gasteiger partial charge in [0.05, 0.1) is 25.8 Å². The molecule has 2 heterocycles. The fourth-order valence-corrected chi connectivity index (χ4v) is 4.55. The maximum atomic E-state index is 13.6. The number of ether oxygens (including phenoxy) is 2. The van der Waals surface area contributed by atoms with Gasteiger partial charge in [0.25, 0.3) is 5.91 Å². The van der Waals surface area contributed by atoms with Crippen LogP contribution in [0, 0.1) is 6.92 Å². The highest BCUT2D eigenvalue weighted by atomic mass is 16.5. The molecule has 0 saturated carbocycles. The number of anilines is 1. The molecule has 0 saturated heterocycles. The molecule has 0 bridgehead atoms. The molecular formula is C29H25N3O6. The highest BCUT2D eigenvalue weighted by molar-refractivity contribution is 6.17. The lowest BCUT2D eigenvalue weighted by Gasteiger charge is -2.28. The minimum Gasteiger partial charge on any atom is -0.503 e. The van der Waals surface area contributed by atoms with Crippen molar-refractivity contribution in [3.63, 3.8) is 0 Å². The molecule has 1 aliphatic heterocycles. The van der Waals surface area contributed by atoms with E-state index in [1.54, 1.807) is 86.8 Å². The van der Waals surface area contributed by atoms with E-state index in [1.807, 2.05) is 0 Å². The summed E-state index contributed by atoms with van der Waals surface area (Å²) < 4.78 is 15.8. The van der Waals surface area contributed by atoms with Crippen LogP contribution in [0.5, 0.6) is 11.5 Å². The van der Waals surface area contributed by atoms with Crippen LogP contribution in [0.1, 0.15) is 23.1 Å². The first-order valence-corrected chi connectivity index (χ1v) is 11.9. The number of aliphatic hydroxyl groups is 1. The summed E-state index contributed by atoms with van der Waals surface area (Å²) in [6.45, 7) is 1.70. The van der Waals surface area contributed by atoms with E-state index >= 15 is 0 Å². The second kappa shape index (κ2) is 10.2. The zero-order chi connectivity index (χ0) is 26.8. The van der Waals surface area contributed by atoms with Crippen molar-refractivity contribution in [3.8, 4) is 22.9 Å². The molecule has 9 heteroatoms. The van der Waals surface area contributed by atoms with Gasteiger partial charge in [0.15, 0.2) is 11.5 Å². The first-order valence-electron chi connectivity index (χ1n) is 11.9. The third kappa shape index (κ3) is 4.50. The van der Waals surface area contributed by atoms with Crippen LogP contribution >= 0.6 is 0 Å². The SMILES string of the molecule is COc1ccc(CC(=O)C2=C(O)C(=O)N(c3ccc(-c4noc(C)n4)cc3)C2c2ccccc2OC)cc1. The molecule has 1 aromatic heterocycles. The van der Waals surface area contributed by atoms with Crippen LogP contribution in [0.3, 0.4) is 0 Å². The number of benzene rings is 3. The van der Waals surface area contributed by atoms with E-state index in [2.05, 4.69) is 10.1 Å². The van der Waals surface area contributed by atoms with Gasteiger partial charge in [0.2, 0.25) is 11.7 Å². The topological polar surface area (TPSA) is 115 Å². The van der Waals surface area contributed by atoms with E-state index in [4.69, 9.17) is 14.0 Å². The average Bonchev–Trinajstić information content (AvgIpc) is 3.49. The molecule has 9 nitrogen and oxygen atoms in total. The van der Waals surface area contributed by atoms with Crippen LogP contribution in [-0.2, 0) is 16.0 Å². The standard InChI is InChI=1S/C29H25N3O6/c1-17-30-28(31-38-17)19-10-12-20(13-11-19)32-26(22-6-4-5-7-24(22)37-3)25(27(34)29(32)35)23(33)16-18-8-14-21(36-2)15-9-18/h4-15,26,34H,16H2,1-3H3. The Morgan fingerprint density at radius 2 is 1.71 bits per heavy atom. The zero-order valence-corrected chi connectivity index (χ0v) is 21.0. The number of aryl methyl sites for hydroxylation is 1. The van der Waals surface area contributed by atoms with E-state index in [9.17, 15) is 14.7 Å². The van der Waals surface area contributed by atoms with E-state index in [-0.39, 0.29) is 17.8 Å². The Hall–Kier alpha value is -4.92. The largest absolute Gasteiger partial charge is 0.503 e. The van der Waals surface area contributed by atoms with Gasteiger partial charge in [0, 0.05) is 30.2 Å². The number of rotatable bonds is 8. The minimum absolute atomic E-state index is 0.00758. The molecular weight excluding hydrogens is 486 g/mol. The van der Waals surface area contributed by atoms with Gasteiger partial charge >= 0.3 is 0 Å². The van der Waals surface area contributed by atoms with Crippen LogP contribution in [-0.4, -0.2) is 41.2 Å². The van der Waals surface area contributed by atoms with Crippen molar-refractivity contribution in [3.05, 3.63) is 101 Å². The molecule has 4 aromatic rings. The second-order valence-corrected chi connectivity index (χ2v) is 8.71. The Labute approximate surface area is 218 Å². The Morgan fingerprint density at radius 3 is 2.34 bits per heavy atom. The van der Waals surface area contributed by atoms with E-state index in [1.165, 1.54) is 12.0 Å². The quantitative estimate of drug-likeness (QED) is 0.360. The summed E-state index contributed by atoms with van der Waals surface area (Å²) in [7, 11) is 3.08. The van der Waals surface area contributed by atoms with Crippen molar-refractivity contribution in [2.75, 3.05) is 19.1 Å². The molecule has 1 atom stereocenters. The normalized spacial score (nSPS) is 15.2. The number of hydrogen-bond donors (Lipinski definition) is 1. The van der Waals surface area contributed by atoms with Crippen LogP contribution in [0.2, 0.25) is 0 Å². The van der Waals surface area contributed by atoms with Gasteiger partial charge in [0.1, 0.15) is 11.5 Å². The summed E-state index contributed by atoms with van der Waals surface area (Å²) in [4.78, 5) is 32.7. The lowest BCUT2D eigenvalue weighted by Crippen LogP contribution is -2.31. The number of hydrogen-bond acceptors (Lipinski definition) is 8. The number of carbonyl (C=O) groups is 2. The Morgan fingerprint density at radius 1 is 1.00 bits per heavy atom. The highest BCUT2D eigenvalue weighted by Gasteiger charge is 2.45. The fourth-order valence-electron chi connectivity index (χ4n) is 4.55. The van der Waals surface area contributed by atoms with Crippen LogP contribution in [0.4, 0.5) is 5.69 Å². The van der Waals surface area contributed by atoms with Gasteiger partial charge in [-0.25, -0.2) is 0 Å². The number of aromatic nitrogens is 2. The van der Waals surface area contributed by atoms with E-state index in [0.29, 0.717) is 40.0 Å². The van der Waals surface area contributed by atoms with Crippen LogP contribution in [0.25, 0.3) is 11.4 Å². The number of aliphatic hydroxyl groups excluding tert-OH is 1. The molecule has 192 valence electrons. The number of Topliss-reactive ketones (excluding diaryl/α,β-unsaturated/α-hetero) is 1. The van der Waals surface area contributed by atoms with Crippen LogP contribution < -0.4 is 14.4 Å². The molecule has 0 spiro atoms. The van der Waals surface area contributed by atoms with Crippen molar-refractivity contribution in [2.45, 2.75) is 19.4 Å². The van der Waals surface area contributed by atoms with E-state index < -0.39 is 17.7 Å². The molecule has 38 heavy (non-hydrogen) atoms. The molecule has 0 fully saturated rings. The van der Waals surface area contributed by atoms with E-state index in [0.717, 1.165) is 5.56 Å². The summed E-state index contributed by atoms with van der Waals surface area (Å²) in [5.74, 6) is 0.358. The fraction of sp³-hybridized carbons (Fsp3) is 0.172. The second-order valence-electron chi connectivity index (χ2n) is 8.71. The smallest absolute Gasteiger partial charge is 0.294 e. The first kappa shape index (κ1) is 24.8. The number of carbonyl (C=O) groups excluding carboxylic acids is 2. The molecule has 1 N–H and O–H groups in total. The predicted octanol–water partition coefficient (Wildman–Crippen LogP) is 4.77. The van der Waals surface area contributed by atoms with Crippen molar-refractivity contribution >= 4 is 17.4 Å². The first-order chi connectivity index (χ1) is 18.4. The summed E-state index contributed by atoms with van der Waals surface area (Å²) in [5.41, 5.74) is 2.48. The zero-order valence-electron chi connectivity index (χ0n) is 21.0. The third-order valence-corrected chi connectivity index (χ3v) is 6.40. The number of nitrogens with zero attached hydrogens (tertiary/aromatic N) is 3. The van der Waals surface area contributed by atoms with Crippen molar-refractivity contribution in [1.29, 1.82) is 0 Å². The molecule has 1 aliphatic rings. The summed E-state index contributed by atoms with van der Waals surface area (Å²) in [5, 5.41) is 15.0. The van der Waals surface area contributed by atoms with Gasteiger partial charge in [-0.3, -0.25) is 14.5 Å². The molecule has 3 aromatic carbocycles. The summed E-state index contributed by atoms with van der Waals surface area (Å²) >= 11 is 0. The maximum Gasteiger partial charge on any atom is 0.294 e. The number of para-hydroxylation sites is 1. The van der Waals surface area contributed by atoms with Crippen molar-refractivity contribution in [1.82, 2.24) is 10.1 Å². The molecule has 1 amide bonds. The molecule has 0 aliphatic carbocycles. The van der Waals surface area contributed by atoms with Crippen LogP contribution in [0.15, 0.2) is 88.7 Å². The highest BCUT2D eigenvalue weighted by Crippen LogP contribution is 2.44. The Balaban J connectivity index is 1.55. The number of amides is 1. The minimum atomic E-state index is -0.900. The number of ketones is 1. The van der Waals surface area contributed by atoms with Crippen molar-refractivity contribution < 1.29 is 28.7 Å². The molecule has 5 rings (SSSR count). The summed E-state index contributed by atoms with van der Waals surface area (Å²) in [6.07, 6.45) is -0.00766. The van der Waals surface area contributed by atoms with Gasteiger partial charge < -0.3 is 19.1 Å². The van der Waals surface area contributed by atoms with Gasteiger partial charge in [-0.2, -0.15) is 4.98 Å². The molecule has 0 radical (unpaired) electrons. The van der Waals surface area contributed by atoms with Gasteiger partial charge in [-0.15, -0.1) is 0 Å². The van der Waals surface area contributed by atoms with Gasteiger partial charge in [-0.05, 0) is 48.0 Å². The maximum absolute atomic E-state index is 13.6. The third-order valence-electron chi connectivity index (χ3n) is 6.40. The number of methoxy groups -OCH3 is 2. The Bertz CT molecular complexity index is 1520. The molecule has 1 unspecified atom stereocenters. The lowest BCUT2D eigenvalue weighted by molar-refractivity contribution is -0.117. The van der Waals surface area contributed by atoms with Gasteiger partial charge in [-0.1, -0.05) is 35.5 Å². The Kier molecular flexibility index (Phi) is 6.66. The van der Waals surface area contributed by atoms with Crippen molar-refractivity contribution in [2.24, 2.45) is 0 Å². The predicted molar refractivity (Wildman–Crippen MR) is 139 cm³/mol. The lowest BCUT2D eigenvalue weighted by atomic mass is 9.92.